The number of ether oxygens (including phenoxy) is 2. The first-order chi connectivity index (χ1) is 18.8. The van der Waals surface area contributed by atoms with Gasteiger partial charge in [-0.1, -0.05) is 13.0 Å². The van der Waals surface area contributed by atoms with Gasteiger partial charge in [-0.3, -0.25) is 4.90 Å². The first kappa shape index (κ1) is 26.9. The van der Waals surface area contributed by atoms with Crippen LogP contribution in [0.25, 0.3) is 0 Å². The van der Waals surface area contributed by atoms with Gasteiger partial charge in [0, 0.05) is 54.1 Å². The third-order valence-electron chi connectivity index (χ3n) is 8.23. The normalized spacial score (nSPS) is 22.8. The standard InChI is InChI=1S/C29H35F2N5O3/c1-4-27-32-16-21(33-27)17-36-12-11-29(18-5-8-24(38-2)25(13-18)39-3)10-9-20(15-26(29)36)35-28(37)34-19-6-7-22(30)23(31)14-19/h5-8,13-14,16,20,26H,4,9-12,15,17H2,1-3H3,(H,32,33)(H2,34,35,37). The van der Waals surface area contributed by atoms with E-state index in [-0.39, 0.29) is 23.2 Å². The second-order valence-electron chi connectivity index (χ2n) is 10.4. The molecule has 0 radical (unpaired) electrons. The predicted molar refractivity (Wildman–Crippen MR) is 144 cm³/mol. The minimum absolute atomic E-state index is 0.0814. The SMILES string of the molecule is CCc1ncc(CN2CCC3(c4ccc(OC)c(OC)c4)CCC(NC(=O)Nc4ccc(F)c(F)c4)CC23)[nH]1. The van der Waals surface area contributed by atoms with Crippen molar-refractivity contribution in [3.05, 3.63) is 71.3 Å². The quantitative estimate of drug-likeness (QED) is 0.368. The van der Waals surface area contributed by atoms with Crippen molar-refractivity contribution < 1.29 is 23.0 Å². The lowest BCUT2D eigenvalue weighted by Crippen LogP contribution is -2.52. The highest BCUT2D eigenvalue weighted by molar-refractivity contribution is 5.89. The molecule has 39 heavy (non-hydrogen) atoms. The van der Waals surface area contributed by atoms with Crippen LogP contribution in [0.1, 0.15) is 49.7 Å². The molecule has 1 saturated heterocycles. The molecule has 208 valence electrons. The molecule has 1 saturated carbocycles. The van der Waals surface area contributed by atoms with Crippen LogP contribution < -0.4 is 20.1 Å². The maximum atomic E-state index is 13.6. The number of nitrogens with zero attached hydrogens (tertiary/aromatic N) is 2. The molecule has 2 aliphatic rings. The fourth-order valence-corrected chi connectivity index (χ4v) is 6.26. The second kappa shape index (κ2) is 11.2. The Labute approximate surface area is 227 Å². The fraction of sp³-hybridized carbons (Fsp3) is 0.448. The number of benzene rings is 2. The summed E-state index contributed by atoms with van der Waals surface area (Å²) in [6.45, 7) is 3.72. The molecule has 1 aliphatic heterocycles. The van der Waals surface area contributed by atoms with Crippen molar-refractivity contribution in [2.75, 3.05) is 26.1 Å². The van der Waals surface area contributed by atoms with Crippen LogP contribution in [-0.4, -0.2) is 53.7 Å². The number of likely N-dealkylation sites (tertiary alicyclic amines) is 1. The molecule has 0 bridgehead atoms. The molecule has 2 aromatic carbocycles. The molecule has 10 heteroatoms. The number of carbonyl (C=O) groups is 1. The zero-order valence-corrected chi connectivity index (χ0v) is 22.5. The first-order valence-electron chi connectivity index (χ1n) is 13.4. The number of imidazole rings is 1. The van der Waals surface area contributed by atoms with Gasteiger partial charge in [0.15, 0.2) is 23.1 Å². The maximum Gasteiger partial charge on any atom is 0.319 e. The molecule has 1 aliphatic carbocycles. The van der Waals surface area contributed by atoms with E-state index in [2.05, 4.69) is 44.6 Å². The van der Waals surface area contributed by atoms with E-state index in [4.69, 9.17) is 9.47 Å². The first-order valence-corrected chi connectivity index (χ1v) is 13.4. The Hall–Kier alpha value is -3.66. The fourth-order valence-electron chi connectivity index (χ4n) is 6.26. The topological polar surface area (TPSA) is 91.5 Å². The van der Waals surface area contributed by atoms with Crippen LogP contribution in [0.15, 0.2) is 42.6 Å². The van der Waals surface area contributed by atoms with Gasteiger partial charge in [0.1, 0.15) is 5.82 Å². The average Bonchev–Trinajstić information content (AvgIpc) is 3.55. The largest absolute Gasteiger partial charge is 0.493 e. The lowest BCUT2D eigenvalue weighted by Gasteiger charge is -2.45. The van der Waals surface area contributed by atoms with E-state index in [9.17, 15) is 13.6 Å². The van der Waals surface area contributed by atoms with Gasteiger partial charge in [-0.15, -0.1) is 0 Å². The number of methoxy groups -OCH3 is 2. The van der Waals surface area contributed by atoms with E-state index in [1.54, 1.807) is 14.2 Å². The van der Waals surface area contributed by atoms with E-state index in [1.165, 1.54) is 11.6 Å². The number of nitrogens with one attached hydrogen (secondary N) is 3. The molecule has 3 atom stereocenters. The summed E-state index contributed by atoms with van der Waals surface area (Å²) in [5.74, 6) is 0.403. The summed E-state index contributed by atoms with van der Waals surface area (Å²) in [5.41, 5.74) is 2.37. The van der Waals surface area contributed by atoms with Gasteiger partial charge in [-0.25, -0.2) is 18.6 Å². The Morgan fingerprint density at radius 3 is 2.67 bits per heavy atom. The van der Waals surface area contributed by atoms with Gasteiger partial charge in [-0.2, -0.15) is 0 Å². The third-order valence-corrected chi connectivity index (χ3v) is 8.23. The van der Waals surface area contributed by atoms with E-state index >= 15 is 0 Å². The van der Waals surface area contributed by atoms with Crippen molar-refractivity contribution >= 4 is 11.7 Å². The molecule has 0 spiro atoms. The van der Waals surface area contributed by atoms with Gasteiger partial charge in [0.05, 0.1) is 14.2 Å². The minimum atomic E-state index is -1.00. The third kappa shape index (κ3) is 5.43. The number of carbonyl (C=O) groups excluding carboxylic acids is 1. The number of rotatable bonds is 8. The minimum Gasteiger partial charge on any atom is -0.493 e. The maximum absolute atomic E-state index is 13.6. The number of anilines is 1. The number of halogens is 2. The molecule has 5 rings (SSSR count). The predicted octanol–water partition coefficient (Wildman–Crippen LogP) is 5.15. The van der Waals surface area contributed by atoms with Crippen molar-refractivity contribution in [3.8, 4) is 11.5 Å². The Morgan fingerprint density at radius 1 is 1.13 bits per heavy atom. The summed E-state index contributed by atoms with van der Waals surface area (Å²) >= 11 is 0. The lowest BCUT2D eigenvalue weighted by atomic mass is 9.65. The van der Waals surface area contributed by atoms with Crippen molar-refractivity contribution in [1.29, 1.82) is 0 Å². The van der Waals surface area contributed by atoms with Crippen LogP contribution in [0.4, 0.5) is 19.3 Å². The number of amides is 2. The van der Waals surface area contributed by atoms with Crippen molar-refractivity contribution in [2.24, 2.45) is 0 Å². The van der Waals surface area contributed by atoms with Crippen LogP contribution in [0.2, 0.25) is 0 Å². The summed E-state index contributed by atoms with van der Waals surface area (Å²) in [7, 11) is 3.28. The van der Waals surface area contributed by atoms with Gasteiger partial charge in [0.25, 0.3) is 0 Å². The second-order valence-corrected chi connectivity index (χ2v) is 10.4. The number of H-pyrrole nitrogens is 1. The zero-order valence-electron chi connectivity index (χ0n) is 22.5. The molecular formula is C29H35F2N5O3. The Balaban J connectivity index is 1.37. The number of aromatic nitrogens is 2. The van der Waals surface area contributed by atoms with Gasteiger partial charge >= 0.3 is 6.03 Å². The van der Waals surface area contributed by atoms with E-state index in [1.807, 2.05) is 12.3 Å². The van der Waals surface area contributed by atoms with Crippen LogP contribution >= 0.6 is 0 Å². The van der Waals surface area contributed by atoms with Crippen molar-refractivity contribution in [1.82, 2.24) is 20.2 Å². The highest BCUT2D eigenvalue weighted by atomic mass is 19.2. The average molecular weight is 540 g/mol. The summed E-state index contributed by atoms with van der Waals surface area (Å²) in [6, 6.07) is 9.14. The Morgan fingerprint density at radius 2 is 1.95 bits per heavy atom. The van der Waals surface area contributed by atoms with Crippen molar-refractivity contribution in [3.63, 3.8) is 0 Å². The molecule has 2 heterocycles. The smallest absolute Gasteiger partial charge is 0.319 e. The Kier molecular flexibility index (Phi) is 7.74. The van der Waals surface area contributed by atoms with Crippen LogP contribution in [-0.2, 0) is 18.4 Å². The molecule has 2 fully saturated rings. The molecule has 3 aromatic rings. The number of urea groups is 1. The summed E-state index contributed by atoms with van der Waals surface area (Å²) in [5, 5.41) is 5.70. The van der Waals surface area contributed by atoms with E-state index in [0.29, 0.717) is 11.5 Å². The summed E-state index contributed by atoms with van der Waals surface area (Å²) in [4.78, 5) is 23.2. The van der Waals surface area contributed by atoms with E-state index in [0.717, 1.165) is 68.8 Å². The van der Waals surface area contributed by atoms with Crippen LogP contribution in [0, 0.1) is 11.6 Å². The van der Waals surface area contributed by atoms with E-state index < -0.39 is 17.7 Å². The lowest BCUT2D eigenvalue weighted by molar-refractivity contribution is 0.130. The molecule has 2 amide bonds. The number of aryl methyl sites for hydroxylation is 1. The monoisotopic (exact) mass is 539 g/mol. The summed E-state index contributed by atoms with van der Waals surface area (Å²) in [6.07, 6.45) is 6.14. The summed E-state index contributed by atoms with van der Waals surface area (Å²) < 4.78 is 38.0. The molecule has 8 nitrogen and oxygen atoms in total. The number of hydrogen-bond donors (Lipinski definition) is 3. The van der Waals surface area contributed by atoms with Gasteiger partial charge < -0.3 is 25.1 Å². The van der Waals surface area contributed by atoms with Crippen LogP contribution in [0.5, 0.6) is 11.5 Å². The van der Waals surface area contributed by atoms with Gasteiger partial charge in [0.2, 0.25) is 0 Å². The Bertz CT molecular complexity index is 1330. The van der Waals surface area contributed by atoms with Gasteiger partial charge in [-0.05, 0) is 62.1 Å². The molecular weight excluding hydrogens is 504 g/mol. The van der Waals surface area contributed by atoms with Crippen molar-refractivity contribution in [2.45, 2.75) is 63.1 Å². The highest BCUT2D eigenvalue weighted by Crippen LogP contribution is 2.50. The van der Waals surface area contributed by atoms with Crippen LogP contribution in [0.3, 0.4) is 0 Å². The zero-order chi connectivity index (χ0) is 27.6. The number of fused-ring (bicyclic) bond motifs is 1. The molecule has 1 aromatic heterocycles. The number of hydrogen-bond acceptors (Lipinski definition) is 5. The molecule has 3 unspecified atom stereocenters. The highest BCUT2D eigenvalue weighted by Gasteiger charge is 2.51. The number of aromatic amines is 1. The molecule has 3 N–H and O–H groups in total.